The van der Waals surface area contributed by atoms with Crippen LogP contribution >= 0.6 is 0 Å². The molecule has 0 unspecified atom stereocenters. The molecular formula is C26H35NO7. The molecule has 1 amide bonds. The lowest BCUT2D eigenvalue weighted by Crippen LogP contribution is -2.52. The summed E-state index contributed by atoms with van der Waals surface area (Å²) in [4.78, 5) is 25.3. The Kier molecular flexibility index (Phi) is 10.8. The fourth-order valence-corrected chi connectivity index (χ4v) is 3.02. The number of hydrogen-bond donors (Lipinski definition) is 1. The van der Waals surface area contributed by atoms with E-state index in [0.717, 1.165) is 16.9 Å². The van der Waals surface area contributed by atoms with Gasteiger partial charge in [-0.05, 0) is 51.0 Å². The average molecular weight is 474 g/mol. The van der Waals surface area contributed by atoms with E-state index < -0.39 is 29.8 Å². The van der Waals surface area contributed by atoms with Crippen LogP contribution in [0.25, 0.3) is 0 Å². The number of esters is 1. The van der Waals surface area contributed by atoms with Crippen molar-refractivity contribution in [3.63, 3.8) is 0 Å². The zero-order valence-corrected chi connectivity index (χ0v) is 20.5. The Bertz CT molecular complexity index is 878. The van der Waals surface area contributed by atoms with E-state index in [9.17, 15) is 9.59 Å². The maximum Gasteiger partial charge on any atom is 0.408 e. The second-order valence-corrected chi connectivity index (χ2v) is 8.59. The van der Waals surface area contributed by atoms with Crippen molar-refractivity contribution >= 4 is 12.1 Å². The number of benzene rings is 2. The maximum atomic E-state index is 12.8. The number of hydrogen-bond acceptors (Lipinski definition) is 7. The van der Waals surface area contributed by atoms with E-state index in [1.165, 1.54) is 0 Å². The van der Waals surface area contributed by atoms with Crippen molar-refractivity contribution in [2.75, 3.05) is 20.3 Å². The molecule has 8 nitrogen and oxygen atoms in total. The van der Waals surface area contributed by atoms with E-state index >= 15 is 0 Å². The lowest BCUT2D eigenvalue weighted by Gasteiger charge is -2.28. The third-order valence-electron chi connectivity index (χ3n) is 4.58. The molecule has 0 aliphatic heterocycles. The first-order chi connectivity index (χ1) is 16.2. The normalized spacial score (nSPS) is 13.0. The van der Waals surface area contributed by atoms with Crippen molar-refractivity contribution in [1.82, 2.24) is 5.32 Å². The van der Waals surface area contributed by atoms with Crippen LogP contribution in [0.5, 0.6) is 5.75 Å². The lowest BCUT2D eigenvalue weighted by molar-refractivity contribution is -0.161. The van der Waals surface area contributed by atoms with Gasteiger partial charge in [0.15, 0.2) is 6.10 Å². The molecule has 0 bridgehead atoms. The van der Waals surface area contributed by atoms with Crippen LogP contribution in [0, 0.1) is 0 Å². The van der Waals surface area contributed by atoms with E-state index in [4.69, 9.17) is 23.7 Å². The van der Waals surface area contributed by atoms with E-state index in [1.54, 1.807) is 34.8 Å². The van der Waals surface area contributed by atoms with Gasteiger partial charge in [0.2, 0.25) is 0 Å². The third-order valence-corrected chi connectivity index (χ3v) is 4.58. The first-order valence-corrected chi connectivity index (χ1v) is 11.2. The molecule has 0 aliphatic carbocycles. The average Bonchev–Trinajstić information content (AvgIpc) is 2.79. The number of methoxy groups -OCH3 is 1. The minimum Gasteiger partial charge on any atom is -0.497 e. The summed E-state index contributed by atoms with van der Waals surface area (Å²) in [5, 5.41) is 2.72. The van der Waals surface area contributed by atoms with E-state index in [0.29, 0.717) is 0 Å². The van der Waals surface area contributed by atoms with E-state index in [1.807, 2.05) is 54.6 Å². The Morgan fingerprint density at radius 1 is 0.941 bits per heavy atom. The molecule has 2 aromatic carbocycles. The van der Waals surface area contributed by atoms with Crippen molar-refractivity contribution in [3.05, 3.63) is 65.7 Å². The highest BCUT2D eigenvalue weighted by atomic mass is 16.6. The van der Waals surface area contributed by atoms with Gasteiger partial charge in [-0.2, -0.15) is 0 Å². The Morgan fingerprint density at radius 2 is 1.59 bits per heavy atom. The molecule has 0 fully saturated rings. The van der Waals surface area contributed by atoms with Gasteiger partial charge in [-0.25, -0.2) is 9.59 Å². The number of rotatable bonds is 12. The first-order valence-electron chi connectivity index (χ1n) is 11.2. The fourth-order valence-electron chi connectivity index (χ4n) is 3.02. The van der Waals surface area contributed by atoms with Crippen LogP contribution in [0.4, 0.5) is 4.79 Å². The fraction of sp³-hybridized carbons (Fsp3) is 0.462. The highest BCUT2D eigenvalue weighted by Gasteiger charge is 2.33. The van der Waals surface area contributed by atoms with Crippen LogP contribution in [-0.2, 0) is 37.0 Å². The van der Waals surface area contributed by atoms with E-state index in [-0.39, 0.29) is 26.4 Å². The number of nitrogens with one attached hydrogen (secondary N) is 1. The van der Waals surface area contributed by atoms with Crippen LogP contribution in [0.2, 0.25) is 0 Å². The smallest absolute Gasteiger partial charge is 0.408 e. The Morgan fingerprint density at radius 3 is 2.18 bits per heavy atom. The summed E-state index contributed by atoms with van der Waals surface area (Å²) < 4.78 is 27.5. The molecule has 0 aliphatic rings. The summed E-state index contributed by atoms with van der Waals surface area (Å²) in [5.74, 6) is 0.150. The molecule has 0 radical (unpaired) electrons. The van der Waals surface area contributed by atoms with Crippen molar-refractivity contribution < 1.29 is 33.3 Å². The predicted octanol–water partition coefficient (Wildman–Crippen LogP) is 4.25. The SMILES string of the molecule is CCOC(=O)[C@@H](OCc1ccccc1)[C@@H](COCc1ccc(OC)cc1)NC(=O)OC(C)(C)C. The molecule has 0 saturated carbocycles. The quantitative estimate of drug-likeness (QED) is 0.461. The summed E-state index contributed by atoms with van der Waals surface area (Å²) >= 11 is 0. The lowest BCUT2D eigenvalue weighted by atomic mass is 10.1. The van der Waals surface area contributed by atoms with Gasteiger partial charge in [-0.3, -0.25) is 0 Å². The summed E-state index contributed by atoms with van der Waals surface area (Å²) in [6.45, 7) is 7.60. The van der Waals surface area contributed by atoms with Crippen molar-refractivity contribution in [2.45, 2.75) is 58.7 Å². The number of alkyl carbamates (subject to hydrolysis) is 1. The first kappa shape index (κ1) is 27.1. The number of carbonyl (C=O) groups is 2. The number of carbonyl (C=O) groups excluding carboxylic acids is 2. The van der Waals surface area contributed by atoms with Crippen LogP contribution in [0.15, 0.2) is 54.6 Å². The molecule has 0 spiro atoms. The molecule has 186 valence electrons. The van der Waals surface area contributed by atoms with Crippen molar-refractivity contribution in [1.29, 1.82) is 0 Å². The van der Waals surface area contributed by atoms with Crippen LogP contribution in [0.1, 0.15) is 38.8 Å². The molecule has 1 N–H and O–H groups in total. The van der Waals surface area contributed by atoms with Crippen LogP contribution < -0.4 is 10.1 Å². The zero-order valence-electron chi connectivity index (χ0n) is 20.5. The number of amides is 1. The Balaban J connectivity index is 2.14. The summed E-state index contributed by atoms with van der Waals surface area (Å²) in [6.07, 6.45) is -1.77. The molecular weight excluding hydrogens is 438 g/mol. The molecule has 2 rings (SSSR count). The minimum absolute atomic E-state index is 0.00351. The summed E-state index contributed by atoms with van der Waals surface area (Å²) in [7, 11) is 1.60. The maximum absolute atomic E-state index is 12.8. The molecule has 0 aromatic heterocycles. The highest BCUT2D eigenvalue weighted by Crippen LogP contribution is 2.14. The second-order valence-electron chi connectivity index (χ2n) is 8.59. The Labute approximate surface area is 201 Å². The minimum atomic E-state index is -1.09. The summed E-state index contributed by atoms with van der Waals surface area (Å²) in [5.41, 5.74) is 1.09. The van der Waals surface area contributed by atoms with Gasteiger partial charge in [0.05, 0.1) is 39.6 Å². The summed E-state index contributed by atoms with van der Waals surface area (Å²) in [6, 6.07) is 16.0. The molecule has 8 heteroatoms. The monoisotopic (exact) mass is 473 g/mol. The van der Waals surface area contributed by atoms with Gasteiger partial charge in [0.1, 0.15) is 11.4 Å². The predicted molar refractivity (Wildman–Crippen MR) is 127 cm³/mol. The van der Waals surface area contributed by atoms with Gasteiger partial charge >= 0.3 is 12.1 Å². The van der Waals surface area contributed by atoms with Gasteiger partial charge < -0.3 is 29.0 Å². The van der Waals surface area contributed by atoms with Crippen molar-refractivity contribution in [3.8, 4) is 5.75 Å². The van der Waals surface area contributed by atoms with Crippen LogP contribution in [-0.4, -0.2) is 50.1 Å². The van der Waals surface area contributed by atoms with Gasteiger partial charge in [-0.1, -0.05) is 42.5 Å². The number of ether oxygens (including phenoxy) is 5. The standard InChI is InChI=1S/C26H35NO7/c1-6-32-24(28)23(33-17-19-10-8-7-9-11-19)22(27-25(29)34-26(2,3)4)18-31-16-20-12-14-21(30-5)15-13-20/h7-15,22-23H,6,16-18H2,1-5H3,(H,27,29)/t22-,23+/m1/s1. The van der Waals surface area contributed by atoms with Gasteiger partial charge in [-0.15, -0.1) is 0 Å². The van der Waals surface area contributed by atoms with Crippen LogP contribution in [0.3, 0.4) is 0 Å². The zero-order chi connectivity index (χ0) is 25.0. The second kappa shape index (κ2) is 13.6. The third kappa shape index (κ3) is 9.80. The molecule has 2 aromatic rings. The molecule has 0 saturated heterocycles. The van der Waals surface area contributed by atoms with E-state index in [2.05, 4.69) is 5.32 Å². The van der Waals surface area contributed by atoms with Crippen molar-refractivity contribution in [2.24, 2.45) is 0 Å². The Hall–Kier alpha value is -3.10. The largest absolute Gasteiger partial charge is 0.497 e. The topological polar surface area (TPSA) is 92.3 Å². The highest BCUT2D eigenvalue weighted by molar-refractivity contribution is 5.77. The molecule has 2 atom stereocenters. The molecule has 34 heavy (non-hydrogen) atoms. The van der Waals surface area contributed by atoms with Gasteiger partial charge in [0, 0.05) is 0 Å². The molecule has 0 heterocycles. The van der Waals surface area contributed by atoms with Gasteiger partial charge in [0.25, 0.3) is 0 Å².